The number of rotatable bonds is 3. The summed E-state index contributed by atoms with van der Waals surface area (Å²) in [5.41, 5.74) is 0.349. The molecule has 4 nitrogen and oxygen atoms in total. The van der Waals surface area contributed by atoms with Crippen molar-refractivity contribution >= 4 is 21.9 Å². The van der Waals surface area contributed by atoms with Gasteiger partial charge in [-0.15, -0.1) is 0 Å². The van der Waals surface area contributed by atoms with Crippen molar-refractivity contribution in [1.82, 2.24) is 0 Å². The van der Waals surface area contributed by atoms with Gasteiger partial charge in [-0.05, 0) is 17.7 Å². The van der Waals surface area contributed by atoms with E-state index in [4.69, 9.17) is 11.6 Å². The summed E-state index contributed by atoms with van der Waals surface area (Å²) in [6.07, 6.45) is 0. The highest BCUT2D eigenvalue weighted by Crippen LogP contribution is 2.18. The Morgan fingerprint density at radius 1 is 1.50 bits per heavy atom. The van der Waals surface area contributed by atoms with Gasteiger partial charge in [-0.3, -0.25) is 4.18 Å². The van der Waals surface area contributed by atoms with E-state index in [0.717, 1.165) is 12.1 Å². The second-order valence-electron chi connectivity index (χ2n) is 2.49. The van der Waals surface area contributed by atoms with Crippen LogP contribution in [0, 0.1) is 5.82 Å². The summed E-state index contributed by atoms with van der Waals surface area (Å²) < 4.78 is 37.7. The van der Waals surface area contributed by atoms with Gasteiger partial charge < -0.3 is 0 Å². The van der Waals surface area contributed by atoms with Crippen molar-refractivity contribution in [2.75, 3.05) is 0 Å². The Balaban J connectivity index is 2.78. The first-order chi connectivity index (χ1) is 6.38. The van der Waals surface area contributed by atoms with Crippen LogP contribution in [0.5, 0.6) is 0 Å². The molecule has 0 saturated carbocycles. The lowest BCUT2D eigenvalue weighted by Gasteiger charge is -2.03. The van der Waals surface area contributed by atoms with E-state index in [1.54, 1.807) is 0 Å². The van der Waals surface area contributed by atoms with Gasteiger partial charge in [0.05, 0.1) is 6.61 Å². The van der Waals surface area contributed by atoms with E-state index in [9.17, 15) is 12.8 Å². The topological polar surface area (TPSA) is 69.4 Å². The summed E-state index contributed by atoms with van der Waals surface area (Å²) in [6, 6.07) is 3.53. The number of halogens is 2. The van der Waals surface area contributed by atoms with Gasteiger partial charge in [0.1, 0.15) is 5.82 Å². The molecule has 0 saturated heterocycles. The maximum Gasteiger partial charge on any atom is 0.333 e. The number of nitrogens with two attached hydrogens (primary N) is 1. The standard InChI is InChI=1S/C7H7ClFNO3S/c8-7-3-6(9)2-1-5(7)4-13-14(10,11)12/h1-3H,4H2,(H2,10,11,12). The molecule has 14 heavy (non-hydrogen) atoms. The highest BCUT2D eigenvalue weighted by atomic mass is 35.5. The molecule has 78 valence electrons. The van der Waals surface area contributed by atoms with E-state index in [-0.39, 0.29) is 11.6 Å². The second-order valence-corrected chi connectivity index (χ2v) is 4.12. The predicted molar refractivity (Wildman–Crippen MR) is 49.3 cm³/mol. The molecule has 0 radical (unpaired) electrons. The zero-order valence-electron chi connectivity index (χ0n) is 6.91. The normalized spacial score (nSPS) is 11.6. The number of hydrogen-bond acceptors (Lipinski definition) is 3. The molecule has 1 aromatic rings. The van der Waals surface area contributed by atoms with E-state index in [2.05, 4.69) is 9.32 Å². The average Bonchev–Trinajstić information content (AvgIpc) is 2.00. The molecule has 0 aliphatic rings. The zero-order chi connectivity index (χ0) is 10.8. The van der Waals surface area contributed by atoms with Crippen molar-refractivity contribution < 1.29 is 17.0 Å². The van der Waals surface area contributed by atoms with Crippen LogP contribution in [0.3, 0.4) is 0 Å². The number of benzene rings is 1. The van der Waals surface area contributed by atoms with Crippen molar-refractivity contribution in [2.24, 2.45) is 5.14 Å². The third-order valence-electron chi connectivity index (χ3n) is 1.39. The van der Waals surface area contributed by atoms with Gasteiger partial charge in [0, 0.05) is 5.02 Å². The van der Waals surface area contributed by atoms with Gasteiger partial charge in [0.2, 0.25) is 0 Å². The van der Waals surface area contributed by atoms with Crippen molar-refractivity contribution in [3.05, 3.63) is 34.6 Å². The number of hydrogen-bond donors (Lipinski definition) is 1. The van der Waals surface area contributed by atoms with Crippen LogP contribution in [0.25, 0.3) is 0 Å². The molecule has 0 aromatic heterocycles. The molecule has 2 N–H and O–H groups in total. The van der Waals surface area contributed by atoms with Crippen LogP contribution in [0.2, 0.25) is 5.02 Å². The molecule has 1 rings (SSSR count). The first kappa shape index (κ1) is 11.4. The lowest BCUT2D eigenvalue weighted by molar-refractivity contribution is 0.308. The minimum absolute atomic E-state index is 0.0913. The van der Waals surface area contributed by atoms with Crippen LogP contribution >= 0.6 is 11.6 Å². The van der Waals surface area contributed by atoms with Crippen LogP contribution < -0.4 is 5.14 Å². The zero-order valence-corrected chi connectivity index (χ0v) is 8.48. The van der Waals surface area contributed by atoms with Gasteiger partial charge in [0.25, 0.3) is 0 Å². The fourth-order valence-electron chi connectivity index (χ4n) is 0.784. The summed E-state index contributed by atoms with van der Waals surface area (Å²) in [6.45, 7) is -0.308. The Labute approximate surface area is 85.7 Å². The first-order valence-electron chi connectivity index (χ1n) is 3.49. The first-order valence-corrected chi connectivity index (χ1v) is 5.34. The largest absolute Gasteiger partial charge is 0.333 e. The third-order valence-corrected chi connectivity index (χ3v) is 2.19. The molecule has 0 heterocycles. The van der Waals surface area contributed by atoms with Crippen LogP contribution in [-0.2, 0) is 21.1 Å². The van der Waals surface area contributed by atoms with E-state index in [1.807, 2.05) is 0 Å². The van der Waals surface area contributed by atoms with Crippen LogP contribution in [0.1, 0.15) is 5.56 Å². The molecule has 1 aromatic carbocycles. The van der Waals surface area contributed by atoms with Crippen molar-refractivity contribution in [2.45, 2.75) is 6.61 Å². The van der Waals surface area contributed by atoms with E-state index in [0.29, 0.717) is 5.56 Å². The molecule has 0 aliphatic carbocycles. The van der Waals surface area contributed by atoms with E-state index >= 15 is 0 Å². The molecule has 7 heteroatoms. The lowest BCUT2D eigenvalue weighted by atomic mass is 10.2. The highest BCUT2D eigenvalue weighted by molar-refractivity contribution is 7.84. The van der Waals surface area contributed by atoms with E-state index < -0.39 is 16.1 Å². The lowest BCUT2D eigenvalue weighted by Crippen LogP contribution is -2.15. The van der Waals surface area contributed by atoms with E-state index in [1.165, 1.54) is 6.07 Å². The molecule has 0 aliphatic heterocycles. The maximum absolute atomic E-state index is 12.6. The summed E-state index contributed by atoms with van der Waals surface area (Å²) in [7, 11) is -4.00. The van der Waals surface area contributed by atoms with Gasteiger partial charge >= 0.3 is 10.3 Å². The third kappa shape index (κ3) is 3.59. The molecule has 0 atom stereocenters. The molecular formula is C7H7ClFNO3S. The summed E-state index contributed by atoms with van der Waals surface area (Å²) in [5, 5.41) is 4.69. The predicted octanol–water partition coefficient (Wildman–Crippen LogP) is 1.20. The molecule has 0 fully saturated rings. The van der Waals surface area contributed by atoms with Crippen molar-refractivity contribution in [3.63, 3.8) is 0 Å². The Kier molecular flexibility index (Phi) is 3.43. The SMILES string of the molecule is NS(=O)(=O)OCc1ccc(F)cc1Cl. The van der Waals surface area contributed by atoms with Crippen LogP contribution in [0.4, 0.5) is 4.39 Å². The fourth-order valence-corrected chi connectivity index (χ4v) is 1.30. The second kappa shape index (κ2) is 4.22. The Morgan fingerprint density at radius 3 is 2.64 bits per heavy atom. The average molecular weight is 240 g/mol. The quantitative estimate of drug-likeness (QED) is 0.862. The maximum atomic E-state index is 12.6. The molecule has 0 bridgehead atoms. The Bertz CT molecular complexity index is 435. The van der Waals surface area contributed by atoms with Gasteiger partial charge in [-0.25, -0.2) is 9.53 Å². The summed E-state index contributed by atoms with van der Waals surface area (Å²) in [5.74, 6) is -0.505. The Morgan fingerprint density at radius 2 is 2.14 bits per heavy atom. The van der Waals surface area contributed by atoms with Gasteiger partial charge in [-0.1, -0.05) is 17.7 Å². The van der Waals surface area contributed by atoms with Crippen molar-refractivity contribution in [3.8, 4) is 0 Å². The summed E-state index contributed by atoms with van der Waals surface area (Å²) >= 11 is 5.60. The van der Waals surface area contributed by atoms with Crippen LogP contribution in [-0.4, -0.2) is 8.42 Å². The van der Waals surface area contributed by atoms with Gasteiger partial charge in [-0.2, -0.15) is 8.42 Å². The van der Waals surface area contributed by atoms with Gasteiger partial charge in [0.15, 0.2) is 0 Å². The molecule has 0 spiro atoms. The highest BCUT2D eigenvalue weighted by Gasteiger charge is 2.06. The van der Waals surface area contributed by atoms with Crippen LogP contribution in [0.15, 0.2) is 18.2 Å². The molecule has 0 amide bonds. The molecular weight excluding hydrogens is 233 g/mol. The van der Waals surface area contributed by atoms with Crippen molar-refractivity contribution in [1.29, 1.82) is 0 Å². The monoisotopic (exact) mass is 239 g/mol. The smallest absolute Gasteiger partial charge is 0.253 e. The summed E-state index contributed by atoms with van der Waals surface area (Å²) in [4.78, 5) is 0. The molecule has 0 unspecified atom stereocenters. The Hall–Kier alpha value is -0.690. The minimum atomic E-state index is -4.00. The fraction of sp³-hybridized carbons (Fsp3) is 0.143. The minimum Gasteiger partial charge on any atom is -0.253 e.